The van der Waals surface area contributed by atoms with E-state index in [9.17, 15) is 14.4 Å². The zero-order valence-electron chi connectivity index (χ0n) is 7.95. The molecule has 0 fully saturated rings. The van der Waals surface area contributed by atoms with E-state index in [1.54, 1.807) is 0 Å². The lowest BCUT2D eigenvalue weighted by Crippen LogP contribution is -2.29. The molecule has 2 amide bonds. The second-order valence-electron chi connectivity index (χ2n) is 3.05. The normalized spacial score (nSPS) is 14.6. The van der Waals surface area contributed by atoms with Crippen LogP contribution in [0.3, 0.4) is 0 Å². The van der Waals surface area contributed by atoms with Crippen molar-refractivity contribution in [1.29, 1.82) is 0 Å². The molecule has 0 saturated heterocycles. The summed E-state index contributed by atoms with van der Waals surface area (Å²) >= 11 is 0. The van der Waals surface area contributed by atoms with Crippen molar-refractivity contribution in [2.45, 2.75) is 0 Å². The van der Waals surface area contributed by atoms with Crippen molar-refractivity contribution in [3.63, 3.8) is 0 Å². The molecule has 6 heteroatoms. The van der Waals surface area contributed by atoms with Crippen molar-refractivity contribution < 1.29 is 19.5 Å². The minimum atomic E-state index is -1.21. The molecule has 6 nitrogen and oxygen atoms in total. The van der Waals surface area contributed by atoms with Crippen LogP contribution in [0.25, 0.3) is 0 Å². The van der Waals surface area contributed by atoms with Crippen LogP contribution in [0.2, 0.25) is 0 Å². The maximum absolute atomic E-state index is 11.3. The highest BCUT2D eigenvalue weighted by molar-refractivity contribution is 6.28. The molecule has 0 aliphatic carbocycles. The number of carboxylic acids is 1. The molecule has 0 atom stereocenters. The lowest BCUT2D eigenvalue weighted by molar-refractivity contribution is -0.119. The Morgan fingerprint density at radius 1 is 1.25 bits per heavy atom. The van der Waals surface area contributed by atoms with Gasteiger partial charge in [-0.25, -0.2) is 14.7 Å². The SMILES string of the molecule is O=C(O)c1cc(N2C(=O)C=CC2=O)ccn1. The van der Waals surface area contributed by atoms with Gasteiger partial charge in [0.1, 0.15) is 5.69 Å². The van der Waals surface area contributed by atoms with Gasteiger partial charge in [-0.1, -0.05) is 0 Å². The Balaban J connectivity index is 2.41. The average Bonchev–Trinajstić information content (AvgIpc) is 2.59. The predicted octanol–water partition coefficient (Wildman–Crippen LogP) is 0.209. The molecular formula is C10H6N2O4. The number of hydrogen-bond acceptors (Lipinski definition) is 4. The molecule has 1 N–H and O–H groups in total. The predicted molar refractivity (Wildman–Crippen MR) is 52.8 cm³/mol. The summed E-state index contributed by atoms with van der Waals surface area (Å²) in [5.74, 6) is -2.20. The molecular weight excluding hydrogens is 212 g/mol. The van der Waals surface area contributed by atoms with Crippen LogP contribution in [0.5, 0.6) is 0 Å². The van der Waals surface area contributed by atoms with E-state index in [0.29, 0.717) is 0 Å². The summed E-state index contributed by atoms with van der Waals surface area (Å²) < 4.78 is 0. The number of aromatic nitrogens is 1. The standard InChI is InChI=1S/C10H6N2O4/c13-8-1-2-9(14)12(8)6-3-4-11-7(5-6)10(15)16/h1-5H,(H,15,16). The highest BCUT2D eigenvalue weighted by Crippen LogP contribution is 2.18. The summed E-state index contributed by atoms with van der Waals surface area (Å²) in [6, 6.07) is 2.57. The van der Waals surface area contributed by atoms with E-state index in [2.05, 4.69) is 4.98 Å². The monoisotopic (exact) mass is 218 g/mol. The number of anilines is 1. The second-order valence-corrected chi connectivity index (χ2v) is 3.05. The van der Waals surface area contributed by atoms with Crippen LogP contribution in [-0.2, 0) is 9.59 Å². The van der Waals surface area contributed by atoms with Gasteiger partial charge >= 0.3 is 5.97 Å². The largest absolute Gasteiger partial charge is 0.477 e. The third-order valence-electron chi connectivity index (χ3n) is 2.03. The maximum atomic E-state index is 11.3. The third kappa shape index (κ3) is 1.56. The summed E-state index contributed by atoms with van der Waals surface area (Å²) in [7, 11) is 0. The van der Waals surface area contributed by atoms with Crippen molar-refractivity contribution in [2.24, 2.45) is 0 Å². The van der Waals surface area contributed by atoms with Crippen molar-refractivity contribution >= 4 is 23.5 Å². The van der Waals surface area contributed by atoms with Gasteiger partial charge in [-0.15, -0.1) is 0 Å². The summed E-state index contributed by atoms with van der Waals surface area (Å²) in [6.07, 6.45) is 3.49. The molecule has 2 rings (SSSR count). The van der Waals surface area contributed by atoms with E-state index in [1.165, 1.54) is 18.3 Å². The van der Waals surface area contributed by atoms with Gasteiger partial charge in [0, 0.05) is 18.3 Å². The third-order valence-corrected chi connectivity index (χ3v) is 2.03. The topological polar surface area (TPSA) is 87.6 Å². The molecule has 0 aromatic carbocycles. The van der Waals surface area contributed by atoms with Crippen LogP contribution in [0.4, 0.5) is 5.69 Å². The smallest absolute Gasteiger partial charge is 0.354 e. The van der Waals surface area contributed by atoms with Gasteiger partial charge in [0.25, 0.3) is 11.8 Å². The van der Waals surface area contributed by atoms with Gasteiger partial charge in [0.05, 0.1) is 5.69 Å². The lowest BCUT2D eigenvalue weighted by atomic mass is 10.3. The molecule has 80 valence electrons. The Kier molecular flexibility index (Phi) is 2.24. The second kappa shape index (κ2) is 3.58. The Labute approximate surface area is 89.8 Å². The zero-order valence-corrected chi connectivity index (χ0v) is 7.95. The molecule has 1 aromatic heterocycles. The number of nitrogens with zero attached hydrogens (tertiary/aromatic N) is 2. The Morgan fingerprint density at radius 2 is 1.88 bits per heavy atom. The van der Waals surface area contributed by atoms with Gasteiger partial charge in [-0.3, -0.25) is 9.59 Å². The van der Waals surface area contributed by atoms with Crippen LogP contribution in [-0.4, -0.2) is 27.9 Å². The summed E-state index contributed by atoms with van der Waals surface area (Å²) in [5.41, 5.74) is -0.0163. The van der Waals surface area contributed by atoms with Crippen molar-refractivity contribution in [3.8, 4) is 0 Å². The first kappa shape index (κ1) is 10.0. The number of rotatable bonds is 2. The fraction of sp³-hybridized carbons (Fsp3) is 0. The molecule has 0 spiro atoms. The molecule has 2 heterocycles. The Hall–Kier alpha value is -2.50. The van der Waals surface area contributed by atoms with E-state index in [1.807, 2.05) is 0 Å². The van der Waals surface area contributed by atoms with Crippen LogP contribution in [0.15, 0.2) is 30.5 Å². The van der Waals surface area contributed by atoms with Gasteiger partial charge in [-0.05, 0) is 12.1 Å². The molecule has 0 unspecified atom stereocenters. The molecule has 1 aliphatic rings. The zero-order chi connectivity index (χ0) is 11.7. The van der Waals surface area contributed by atoms with Gasteiger partial charge in [-0.2, -0.15) is 0 Å². The van der Waals surface area contributed by atoms with Crippen LogP contribution < -0.4 is 4.90 Å². The van der Waals surface area contributed by atoms with Gasteiger partial charge in [0.15, 0.2) is 0 Å². The number of carbonyl (C=O) groups is 3. The molecule has 1 aromatic rings. The maximum Gasteiger partial charge on any atom is 0.354 e. The molecule has 1 aliphatic heterocycles. The van der Waals surface area contributed by atoms with Crippen LogP contribution >= 0.6 is 0 Å². The number of pyridine rings is 1. The Bertz CT molecular complexity index is 503. The van der Waals surface area contributed by atoms with E-state index in [0.717, 1.165) is 17.1 Å². The number of aromatic carboxylic acids is 1. The van der Waals surface area contributed by atoms with Crippen molar-refractivity contribution in [1.82, 2.24) is 4.98 Å². The molecule has 16 heavy (non-hydrogen) atoms. The minimum absolute atomic E-state index is 0.201. The van der Waals surface area contributed by atoms with Crippen LogP contribution in [0.1, 0.15) is 10.5 Å². The Morgan fingerprint density at radius 3 is 2.44 bits per heavy atom. The molecule has 0 bridgehead atoms. The van der Waals surface area contributed by atoms with E-state index in [-0.39, 0.29) is 11.4 Å². The summed E-state index contributed by atoms with van der Waals surface area (Å²) in [5, 5.41) is 8.72. The fourth-order valence-electron chi connectivity index (χ4n) is 1.33. The highest BCUT2D eigenvalue weighted by atomic mass is 16.4. The lowest BCUT2D eigenvalue weighted by Gasteiger charge is -2.13. The number of amides is 2. The fourth-order valence-corrected chi connectivity index (χ4v) is 1.33. The minimum Gasteiger partial charge on any atom is -0.477 e. The number of carboxylic acid groups (broad SMARTS) is 1. The first-order valence-corrected chi connectivity index (χ1v) is 4.35. The van der Waals surface area contributed by atoms with Gasteiger partial charge in [0.2, 0.25) is 0 Å². The highest BCUT2D eigenvalue weighted by Gasteiger charge is 2.25. The molecule has 0 saturated carbocycles. The quantitative estimate of drug-likeness (QED) is 0.717. The summed E-state index contributed by atoms with van der Waals surface area (Å²) in [6.45, 7) is 0. The van der Waals surface area contributed by atoms with E-state index >= 15 is 0 Å². The number of carbonyl (C=O) groups excluding carboxylic acids is 2. The van der Waals surface area contributed by atoms with E-state index < -0.39 is 17.8 Å². The van der Waals surface area contributed by atoms with Gasteiger partial charge < -0.3 is 5.11 Å². The molecule has 0 radical (unpaired) electrons. The van der Waals surface area contributed by atoms with Crippen molar-refractivity contribution in [3.05, 3.63) is 36.2 Å². The first-order chi connectivity index (χ1) is 7.59. The average molecular weight is 218 g/mol. The first-order valence-electron chi connectivity index (χ1n) is 4.35. The number of imide groups is 1. The van der Waals surface area contributed by atoms with E-state index in [4.69, 9.17) is 5.11 Å². The van der Waals surface area contributed by atoms with Crippen LogP contribution in [0, 0.1) is 0 Å². The van der Waals surface area contributed by atoms with Crippen molar-refractivity contribution in [2.75, 3.05) is 4.90 Å². The number of hydrogen-bond donors (Lipinski definition) is 1. The summed E-state index contributed by atoms with van der Waals surface area (Å²) in [4.78, 5) is 37.8.